The van der Waals surface area contributed by atoms with E-state index in [1.807, 2.05) is 0 Å². The van der Waals surface area contributed by atoms with Gasteiger partial charge < -0.3 is 14.4 Å². The van der Waals surface area contributed by atoms with E-state index >= 15 is 0 Å². The standard InChI is InChI=1S/C16H13NO5/c1-9(18)10-2-4-13-11(6-10)7-15(19)17(13)8-12-3-5-14(22-12)16(20)21/h2-6H,7-8H2,1H3,(H,20,21). The van der Waals surface area contributed by atoms with Crippen LogP contribution in [0, 0.1) is 0 Å². The summed E-state index contributed by atoms with van der Waals surface area (Å²) in [4.78, 5) is 35.9. The lowest BCUT2D eigenvalue weighted by Crippen LogP contribution is -2.25. The van der Waals surface area contributed by atoms with Crippen LogP contribution in [0.4, 0.5) is 5.69 Å². The normalized spacial score (nSPS) is 13.3. The van der Waals surface area contributed by atoms with Crippen molar-refractivity contribution in [1.29, 1.82) is 0 Å². The molecule has 1 amide bonds. The van der Waals surface area contributed by atoms with Gasteiger partial charge in [0.15, 0.2) is 5.78 Å². The van der Waals surface area contributed by atoms with Gasteiger partial charge in [-0.15, -0.1) is 0 Å². The Morgan fingerprint density at radius 1 is 1.27 bits per heavy atom. The fourth-order valence-electron chi connectivity index (χ4n) is 2.51. The summed E-state index contributed by atoms with van der Waals surface area (Å²) in [5.74, 6) is -1.07. The number of carboxylic acid groups (broad SMARTS) is 1. The Balaban J connectivity index is 1.88. The smallest absolute Gasteiger partial charge is 0.371 e. The summed E-state index contributed by atoms with van der Waals surface area (Å²) in [5.41, 5.74) is 2.09. The molecule has 0 radical (unpaired) electrons. The highest BCUT2D eigenvalue weighted by molar-refractivity contribution is 6.03. The number of carboxylic acids is 1. The summed E-state index contributed by atoms with van der Waals surface area (Å²) in [7, 11) is 0. The molecule has 112 valence electrons. The second-order valence-corrected chi connectivity index (χ2v) is 5.13. The fraction of sp³-hybridized carbons (Fsp3) is 0.188. The third kappa shape index (κ3) is 2.39. The average molecular weight is 299 g/mol. The number of rotatable bonds is 4. The molecular formula is C16H13NO5. The van der Waals surface area contributed by atoms with E-state index in [0.29, 0.717) is 11.3 Å². The molecule has 0 saturated heterocycles. The Morgan fingerprint density at radius 2 is 2.05 bits per heavy atom. The predicted molar refractivity (Wildman–Crippen MR) is 77.0 cm³/mol. The Labute approximate surface area is 126 Å². The first-order chi connectivity index (χ1) is 10.5. The molecule has 22 heavy (non-hydrogen) atoms. The van der Waals surface area contributed by atoms with Crippen LogP contribution < -0.4 is 4.90 Å². The Morgan fingerprint density at radius 3 is 2.68 bits per heavy atom. The minimum absolute atomic E-state index is 0.0502. The van der Waals surface area contributed by atoms with E-state index in [9.17, 15) is 14.4 Å². The third-order valence-electron chi connectivity index (χ3n) is 3.61. The molecule has 1 aliphatic heterocycles. The first-order valence-corrected chi connectivity index (χ1v) is 6.72. The van der Waals surface area contributed by atoms with Crippen molar-refractivity contribution < 1.29 is 23.9 Å². The van der Waals surface area contributed by atoms with E-state index in [1.54, 1.807) is 24.3 Å². The van der Waals surface area contributed by atoms with Crippen LogP contribution in [0.25, 0.3) is 0 Å². The van der Waals surface area contributed by atoms with Crippen LogP contribution in [0.5, 0.6) is 0 Å². The van der Waals surface area contributed by atoms with E-state index in [-0.39, 0.29) is 30.4 Å². The maximum absolute atomic E-state index is 12.1. The average Bonchev–Trinajstić information content (AvgIpc) is 3.04. The van der Waals surface area contributed by atoms with Crippen molar-refractivity contribution in [2.24, 2.45) is 0 Å². The maximum atomic E-state index is 12.1. The van der Waals surface area contributed by atoms with Gasteiger partial charge in [0.25, 0.3) is 0 Å². The van der Waals surface area contributed by atoms with Crippen molar-refractivity contribution in [2.45, 2.75) is 19.9 Å². The lowest BCUT2D eigenvalue weighted by Gasteiger charge is -2.16. The molecule has 3 rings (SSSR count). The Hall–Kier alpha value is -2.89. The van der Waals surface area contributed by atoms with Gasteiger partial charge in [-0.05, 0) is 42.8 Å². The van der Waals surface area contributed by atoms with Crippen LogP contribution in [0.1, 0.15) is 39.2 Å². The molecule has 0 saturated carbocycles. The highest BCUT2D eigenvalue weighted by Crippen LogP contribution is 2.31. The number of fused-ring (bicyclic) bond motifs is 1. The highest BCUT2D eigenvalue weighted by atomic mass is 16.4. The van der Waals surface area contributed by atoms with Gasteiger partial charge in [0.05, 0.1) is 13.0 Å². The molecule has 6 heteroatoms. The lowest BCUT2D eigenvalue weighted by molar-refractivity contribution is -0.117. The molecule has 2 heterocycles. The SMILES string of the molecule is CC(=O)c1ccc2c(c1)CC(=O)N2Cc1ccc(C(=O)O)o1. The first-order valence-electron chi connectivity index (χ1n) is 6.72. The molecule has 1 aliphatic rings. The molecule has 0 aliphatic carbocycles. The number of aromatic carboxylic acids is 1. The molecule has 1 aromatic carbocycles. The first kappa shape index (κ1) is 14.1. The number of amides is 1. The van der Waals surface area contributed by atoms with Gasteiger partial charge in [0, 0.05) is 11.3 Å². The monoisotopic (exact) mass is 299 g/mol. The number of ketones is 1. The van der Waals surface area contributed by atoms with Crippen molar-refractivity contribution in [1.82, 2.24) is 0 Å². The third-order valence-corrected chi connectivity index (χ3v) is 3.61. The number of Topliss-reactive ketones (excluding diaryl/α,β-unsaturated/α-hetero) is 1. The van der Waals surface area contributed by atoms with Gasteiger partial charge in [0.2, 0.25) is 11.7 Å². The second-order valence-electron chi connectivity index (χ2n) is 5.13. The largest absolute Gasteiger partial charge is 0.475 e. The zero-order valence-electron chi connectivity index (χ0n) is 11.8. The summed E-state index contributed by atoms with van der Waals surface area (Å²) in [6.07, 6.45) is 0.225. The molecule has 0 atom stereocenters. The van der Waals surface area contributed by atoms with Crippen molar-refractivity contribution in [3.05, 3.63) is 53.0 Å². The predicted octanol–water partition coefficient (Wildman–Crippen LogP) is 2.27. The second kappa shape index (κ2) is 5.14. The van der Waals surface area contributed by atoms with Crippen LogP contribution in [0.3, 0.4) is 0 Å². The van der Waals surface area contributed by atoms with Gasteiger partial charge >= 0.3 is 5.97 Å². The van der Waals surface area contributed by atoms with Crippen molar-refractivity contribution in [3.8, 4) is 0 Å². The number of hydrogen-bond donors (Lipinski definition) is 1. The van der Waals surface area contributed by atoms with Gasteiger partial charge in [-0.3, -0.25) is 9.59 Å². The van der Waals surface area contributed by atoms with Gasteiger partial charge in [0.1, 0.15) is 5.76 Å². The lowest BCUT2D eigenvalue weighted by atomic mass is 10.1. The Bertz CT molecular complexity index is 790. The van der Waals surface area contributed by atoms with Gasteiger partial charge in [-0.25, -0.2) is 4.79 Å². The van der Waals surface area contributed by atoms with Crippen molar-refractivity contribution in [3.63, 3.8) is 0 Å². The quantitative estimate of drug-likeness (QED) is 0.875. The number of carbonyl (C=O) groups is 3. The molecule has 1 aromatic heterocycles. The van der Waals surface area contributed by atoms with E-state index in [1.165, 1.54) is 17.9 Å². The van der Waals surface area contributed by atoms with Crippen molar-refractivity contribution >= 4 is 23.3 Å². The summed E-state index contributed by atoms with van der Waals surface area (Å²) in [6.45, 7) is 1.64. The topological polar surface area (TPSA) is 87.8 Å². The molecule has 0 spiro atoms. The van der Waals surface area contributed by atoms with Crippen LogP contribution >= 0.6 is 0 Å². The number of hydrogen-bond acceptors (Lipinski definition) is 4. The minimum atomic E-state index is -1.15. The maximum Gasteiger partial charge on any atom is 0.371 e. The number of carbonyl (C=O) groups excluding carboxylic acids is 2. The van der Waals surface area contributed by atoms with E-state index in [2.05, 4.69) is 0 Å². The highest BCUT2D eigenvalue weighted by Gasteiger charge is 2.28. The molecule has 2 aromatic rings. The summed E-state index contributed by atoms with van der Waals surface area (Å²) in [6, 6.07) is 8.03. The van der Waals surface area contributed by atoms with E-state index < -0.39 is 5.97 Å². The summed E-state index contributed by atoms with van der Waals surface area (Å²) >= 11 is 0. The molecule has 0 unspecified atom stereocenters. The minimum Gasteiger partial charge on any atom is -0.475 e. The molecule has 0 fully saturated rings. The number of nitrogens with zero attached hydrogens (tertiary/aromatic N) is 1. The number of anilines is 1. The van der Waals surface area contributed by atoms with Crippen LogP contribution in [0.2, 0.25) is 0 Å². The van der Waals surface area contributed by atoms with E-state index in [4.69, 9.17) is 9.52 Å². The summed E-state index contributed by atoms with van der Waals surface area (Å²) in [5, 5.41) is 8.85. The summed E-state index contributed by atoms with van der Waals surface area (Å²) < 4.78 is 5.18. The number of furan rings is 1. The van der Waals surface area contributed by atoms with Crippen LogP contribution in [-0.4, -0.2) is 22.8 Å². The van der Waals surface area contributed by atoms with Gasteiger partial charge in [-0.2, -0.15) is 0 Å². The molecular weight excluding hydrogens is 286 g/mol. The van der Waals surface area contributed by atoms with Crippen LogP contribution in [0.15, 0.2) is 34.7 Å². The van der Waals surface area contributed by atoms with Crippen LogP contribution in [-0.2, 0) is 17.8 Å². The zero-order valence-corrected chi connectivity index (χ0v) is 11.8. The van der Waals surface area contributed by atoms with E-state index in [0.717, 1.165) is 11.3 Å². The fourth-order valence-corrected chi connectivity index (χ4v) is 2.51. The molecule has 0 bridgehead atoms. The zero-order chi connectivity index (χ0) is 15.9. The molecule has 6 nitrogen and oxygen atoms in total. The Kier molecular flexibility index (Phi) is 3.29. The molecule has 1 N–H and O–H groups in total. The number of benzene rings is 1. The van der Waals surface area contributed by atoms with Crippen molar-refractivity contribution in [2.75, 3.05) is 4.90 Å². The van der Waals surface area contributed by atoms with Gasteiger partial charge in [-0.1, -0.05) is 0 Å².